The molecule has 0 bridgehead atoms. The Balaban J connectivity index is 2.08. The van der Waals surface area contributed by atoms with Crippen LogP contribution in [0.15, 0.2) is 18.2 Å². The molecule has 1 fully saturated rings. The average molecular weight is 297 g/mol. The molecule has 0 spiro atoms. The Morgan fingerprint density at radius 2 is 2.20 bits per heavy atom. The van der Waals surface area contributed by atoms with Gasteiger partial charge in [-0.1, -0.05) is 18.5 Å². The van der Waals surface area contributed by atoms with E-state index >= 15 is 0 Å². The van der Waals surface area contributed by atoms with Gasteiger partial charge in [0.25, 0.3) is 0 Å². The van der Waals surface area contributed by atoms with Crippen LogP contribution in [-0.2, 0) is 4.79 Å². The maximum atomic E-state index is 12.2. The number of amides is 1. The van der Waals surface area contributed by atoms with Gasteiger partial charge in [-0.2, -0.15) is 0 Å². The number of carboxylic acid groups (broad SMARTS) is 1. The van der Waals surface area contributed by atoms with Crippen LogP contribution in [0, 0.1) is 5.92 Å². The summed E-state index contributed by atoms with van der Waals surface area (Å²) in [5.74, 6) is -0.927. The Morgan fingerprint density at radius 1 is 1.45 bits per heavy atom. The average Bonchev–Trinajstić information content (AvgIpc) is 2.38. The van der Waals surface area contributed by atoms with E-state index < -0.39 is 5.97 Å². The van der Waals surface area contributed by atoms with Crippen LogP contribution < -0.4 is 10.6 Å². The number of piperidine rings is 1. The van der Waals surface area contributed by atoms with Gasteiger partial charge in [-0.05, 0) is 43.5 Å². The highest BCUT2D eigenvalue weighted by Crippen LogP contribution is 2.22. The quantitative estimate of drug-likeness (QED) is 0.800. The third kappa shape index (κ3) is 3.29. The van der Waals surface area contributed by atoms with Crippen molar-refractivity contribution in [1.82, 2.24) is 5.32 Å². The van der Waals surface area contributed by atoms with Crippen LogP contribution in [0.4, 0.5) is 5.69 Å². The second kappa shape index (κ2) is 6.24. The Bertz CT molecular complexity index is 533. The lowest BCUT2D eigenvalue weighted by Crippen LogP contribution is -2.48. The number of benzene rings is 1. The van der Waals surface area contributed by atoms with E-state index in [1.165, 1.54) is 12.1 Å². The second-order valence-electron chi connectivity index (χ2n) is 5.04. The Kier molecular flexibility index (Phi) is 4.62. The van der Waals surface area contributed by atoms with Crippen molar-refractivity contribution in [3.63, 3.8) is 0 Å². The summed E-state index contributed by atoms with van der Waals surface area (Å²) in [7, 11) is 0. The molecule has 5 nitrogen and oxygen atoms in total. The first-order valence-corrected chi connectivity index (χ1v) is 6.94. The molecule has 2 unspecified atom stereocenters. The fraction of sp³-hybridized carbons (Fsp3) is 0.429. The van der Waals surface area contributed by atoms with Crippen molar-refractivity contribution < 1.29 is 14.7 Å². The van der Waals surface area contributed by atoms with Crippen LogP contribution in [0.2, 0.25) is 5.02 Å². The smallest absolute Gasteiger partial charge is 0.337 e. The number of anilines is 1. The van der Waals surface area contributed by atoms with Crippen molar-refractivity contribution in [3.8, 4) is 0 Å². The minimum absolute atomic E-state index is 0.0221. The Hall–Kier alpha value is -1.59. The predicted molar refractivity (Wildman–Crippen MR) is 77.2 cm³/mol. The molecule has 1 heterocycles. The molecular weight excluding hydrogens is 280 g/mol. The summed E-state index contributed by atoms with van der Waals surface area (Å²) in [6.45, 7) is 2.87. The molecule has 108 valence electrons. The van der Waals surface area contributed by atoms with Crippen LogP contribution in [0.25, 0.3) is 0 Å². The molecule has 1 amide bonds. The highest BCUT2D eigenvalue weighted by atomic mass is 35.5. The van der Waals surface area contributed by atoms with Crippen molar-refractivity contribution >= 4 is 29.2 Å². The maximum Gasteiger partial charge on any atom is 0.337 e. The molecule has 1 aliphatic rings. The van der Waals surface area contributed by atoms with Crippen LogP contribution in [0.5, 0.6) is 0 Å². The van der Waals surface area contributed by atoms with Gasteiger partial charge >= 0.3 is 5.97 Å². The molecule has 0 aromatic heterocycles. The lowest BCUT2D eigenvalue weighted by atomic mass is 9.92. The molecule has 6 heteroatoms. The molecule has 0 saturated carbocycles. The van der Waals surface area contributed by atoms with Gasteiger partial charge in [0.05, 0.1) is 16.6 Å². The largest absolute Gasteiger partial charge is 0.478 e. The summed E-state index contributed by atoms with van der Waals surface area (Å²) < 4.78 is 0. The van der Waals surface area contributed by atoms with Gasteiger partial charge in [-0.25, -0.2) is 4.79 Å². The number of carboxylic acids is 1. The molecule has 1 aromatic carbocycles. The SMILES string of the molecule is CC1CCCNC1C(=O)Nc1ccc(C(=O)O)c(Cl)c1. The maximum absolute atomic E-state index is 12.2. The van der Waals surface area contributed by atoms with Gasteiger partial charge in [0.1, 0.15) is 0 Å². The van der Waals surface area contributed by atoms with Crippen LogP contribution in [0.3, 0.4) is 0 Å². The van der Waals surface area contributed by atoms with Crippen LogP contribution >= 0.6 is 11.6 Å². The van der Waals surface area contributed by atoms with E-state index in [0.29, 0.717) is 5.69 Å². The minimum Gasteiger partial charge on any atom is -0.478 e. The standard InChI is InChI=1S/C14H17ClN2O3/c1-8-3-2-6-16-12(8)13(18)17-9-4-5-10(14(19)20)11(15)7-9/h4-5,7-8,12,16H,2-3,6H2,1H3,(H,17,18)(H,19,20). The number of hydrogen-bond acceptors (Lipinski definition) is 3. The highest BCUT2D eigenvalue weighted by Gasteiger charge is 2.27. The normalized spacial score (nSPS) is 22.3. The summed E-state index contributed by atoms with van der Waals surface area (Å²) in [5.41, 5.74) is 0.526. The second-order valence-corrected chi connectivity index (χ2v) is 5.45. The van der Waals surface area contributed by atoms with Crippen LogP contribution in [0.1, 0.15) is 30.1 Å². The van der Waals surface area contributed by atoms with Crippen molar-refractivity contribution in [2.24, 2.45) is 5.92 Å². The third-order valence-corrected chi connectivity index (χ3v) is 3.83. The van der Waals surface area contributed by atoms with Gasteiger partial charge < -0.3 is 15.7 Å². The van der Waals surface area contributed by atoms with E-state index in [1.54, 1.807) is 6.07 Å². The molecular formula is C14H17ClN2O3. The molecule has 2 rings (SSSR count). The van der Waals surface area contributed by atoms with Crippen molar-refractivity contribution in [2.75, 3.05) is 11.9 Å². The van der Waals surface area contributed by atoms with Crippen LogP contribution in [-0.4, -0.2) is 29.6 Å². The first-order valence-electron chi connectivity index (χ1n) is 6.56. The molecule has 3 N–H and O–H groups in total. The fourth-order valence-electron chi connectivity index (χ4n) is 2.39. The van der Waals surface area contributed by atoms with E-state index in [9.17, 15) is 9.59 Å². The summed E-state index contributed by atoms with van der Waals surface area (Å²) >= 11 is 5.87. The summed E-state index contributed by atoms with van der Waals surface area (Å²) in [5, 5.41) is 15.0. The molecule has 1 aliphatic heterocycles. The summed E-state index contributed by atoms with van der Waals surface area (Å²) in [6, 6.07) is 4.16. The number of halogens is 1. The molecule has 0 aliphatic carbocycles. The first-order chi connectivity index (χ1) is 9.49. The monoisotopic (exact) mass is 296 g/mol. The fourth-order valence-corrected chi connectivity index (χ4v) is 2.65. The minimum atomic E-state index is -1.09. The number of nitrogens with one attached hydrogen (secondary N) is 2. The topological polar surface area (TPSA) is 78.4 Å². The van der Waals surface area contributed by atoms with Crippen molar-refractivity contribution in [1.29, 1.82) is 0 Å². The number of carbonyl (C=O) groups is 2. The molecule has 0 radical (unpaired) electrons. The van der Waals surface area contributed by atoms with E-state index in [2.05, 4.69) is 10.6 Å². The number of hydrogen-bond donors (Lipinski definition) is 3. The molecule has 2 atom stereocenters. The van der Waals surface area contributed by atoms with Gasteiger partial charge in [0, 0.05) is 5.69 Å². The zero-order chi connectivity index (χ0) is 14.7. The van der Waals surface area contributed by atoms with E-state index in [0.717, 1.165) is 19.4 Å². The lowest BCUT2D eigenvalue weighted by Gasteiger charge is -2.28. The highest BCUT2D eigenvalue weighted by molar-refractivity contribution is 6.33. The number of rotatable bonds is 3. The number of carbonyl (C=O) groups excluding carboxylic acids is 1. The van der Waals surface area contributed by atoms with E-state index in [1.807, 2.05) is 6.92 Å². The zero-order valence-corrected chi connectivity index (χ0v) is 11.9. The first kappa shape index (κ1) is 14.8. The third-order valence-electron chi connectivity index (χ3n) is 3.52. The van der Waals surface area contributed by atoms with Gasteiger partial charge in [0.15, 0.2) is 0 Å². The summed E-state index contributed by atoms with van der Waals surface area (Å²) in [4.78, 5) is 23.0. The molecule has 1 saturated heterocycles. The molecule has 1 aromatic rings. The number of aromatic carboxylic acids is 1. The zero-order valence-electron chi connectivity index (χ0n) is 11.1. The van der Waals surface area contributed by atoms with E-state index in [4.69, 9.17) is 16.7 Å². The van der Waals surface area contributed by atoms with Gasteiger partial charge in [0.2, 0.25) is 5.91 Å². The van der Waals surface area contributed by atoms with Gasteiger partial charge in [-0.15, -0.1) is 0 Å². The van der Waals surface area contributed by atoms with Crippen molar-refractivity contribution in [3.05, 3.63) is 28.8 Å². The molecule has 20 heavy (non-hydrogen) atoms. The summed E-state index contributed by atoms with van der Waals surface area (Å²) in [6.07, 6.45) is 2.09. The van der Waals surface area contributed by atoms with Gasteiger partial charge in [-0.3, -0.25) is 4.79 Å². The van der Waals surface area contributed by atoms with E-state index in [-0.39, 0.29) is 28.5 Å². The predicted octanol–water partition coefficient (Wildman–Crippen LogP) is 2.36. The Labute approximate surface area is 122 Å². The Morgan fingerprint density at radius 3 is 2.80 bits per heavy atom. The van der Waals surface area contributed by atoms with Crippen molar-refractivity contribution in [2.45, 2.75) is 25.8 Å². The lowest BCUT2D eigenvalue weighted by molar-refractivity contribution is -0.119.